The first kappa shape index (κ1) is 17.4. The van der Waals surface area contributed by atoms with Gasteiger partial charge in [0, 0.05) is 37.9 Å². The van der Waals surface area contributed by atoms with Crippen LogP contribution >= 0.6 is 0 Å². The number of imide groups is 1. The first-order valence-electron chi connectivity index (χ1n) is 7.38. The lowest BCUT2D eigenvalue weighted by Gasteiger charge is -2.13. The quantitative estimate of drug-likeness (QED) is 0.458. The molecule has 9 heteroatoms. The molecule has 1 heterocycles. The molecule has 0 radical (unpaired) electrons. The third kappa shape index (κ3) is 4.06. The smallest absolute Gasteiger partial charge is 0.271 e. The van der Waals surface area contributed by atoms with E-state index in [0.29, 0.717) is 12.2 Å². The van der Waals surface area contributed by atoms with Gasteiger partial charge in [0.05, 0.1) is 17.7 Å². The monoisotopic (exact) mass is 335 g/mol. The zero-order chi connectivity index (χ0) is 17.7. The lowest BCUT2D eigenvalue weighted by Crippen LogP contribution is -2.30. The molecule has 24 heavy (non-hydrogen) atoms. The van der Waals surface area contributed by atoms with Gasteiger partial charge in [-0.05, 0) is 12.5 Å². The van der Waals surface area contributed by atoms with Gasteiger partial charge < -0.3 is 10.1 Å². The maximum absolute atomic E-state index is 12.0. The number of nitrogens with zero attached hydrogens (tertiary/aromatic N) is 2. The second-order valence-corrected chi connectivity index (χ2v) is 5.23. The Bertz CT molecular complexity index is 672. The van der Waals surface area contributed by atoms with Crippen molar-refractivity contribution in [3.63, 3.8) is 0 Å². The molecule has 1 N–H and O–H groups in total. The average molecular weight is 335 g/mol. The van der Waals surface area contributed by atoms with Crippen molar-refractivity contribution in [2.75, 3.05) is 19.0 Å². The van der Waals surface area contributed by atoms with Crippen molar-refractivity contribution in [2.45, 2.75) is 25.7 Å². The summed E-state index contributed by atoms with van der Waals surface area (Å²) in [6.07, 6.45) is 0.829. The molecule has 1 aliphatic rings. The number of carbonyl (C=O) groups is 3. The minimum absolute atomic E-state index is 0.0723. The van der Waals surface area contributed by atoms with Crippen molar-refractivity contribution in [1.29, 1.82) is 0 Å². The second-order valence-electron chi connectivity index (χ2n) is 5.23. The number of rotatable bonds is 7. The fourth-order valence-electron chi connectivity index (χ4n) is 2.39. The highest BCUT2D eigenvalue weighted by Gasteiger charge is 2.28. The number of carbonyl (C=O) groups excluding carboxylic acids is 3. The lowest BCUT2D eigenvalue weighted by molar-refractivity contribution is -0.384. The SMILES string of the molecule is COc1ccc([N+](=O)[O-])cc1NC(=O)CCCN1C(=O)CCC1=O. The predicted octanol–water partition coefficient (Wildman–Crippen LogP) is 1.47. The summed E-state index contributed by atoms with van der Waals surface area (Å²) in [5.74, 6) is -0.520. The van der Waals surface area contributed by atoms with E-state index in [4.69, 9.17) is 4.74 Å². The summed E-state index contributed by atoms with van der Waals surface area (Å²) in [5, 5.41) is 13.3. The van der Waals surface area contributed by atoms with Crippen molar-refractivity contribution in [1.82, 2.24) is 4.90 Å². The number of nitro benzene ring substituents is 1. The highest BCUT2D eigenvalue weighted by atomic mass is 16.6. The van der Waals surface area contributed by atoms with Gasteiger partial charge in [-0.2, -0.15) is 0 Å². The Morgan fingerprint density at radius 1 is 1.33 bits per heavy atom. The van der Waals surface area contributed by atoms with Crippen LogP contribution in [0.3, 0.4) is 0 Å². The first-order valence-corrected chi connectivity index (χ1v) is 7.38. The van der Waals surface area contributed by atoms with E-state index in [1.54, 1.807) is 0 Å². The molecular weight excluding hydrogens is 318 g/mol. The van der Waals surface area contributed by atoms with E-state index >= 15 is 0 Å². The number of benzene rings is 1. The number of methoxy groups -OCH3 is 1. The Balaban J connectivity index is 1.92. The van der Waals surface area contributed by atoms with E-state index in [1.165, 1.54) is 25.3 Å². The minimum Gasteiger partial charge on any atom is -0.495 e. The molecule has 0 spiro atoms. The fraction of sp³-hybridized carbons (Fsp3) is 0.400. The standard InChI is InChI=1S/C15H17N3O6/c1-24-12-5-4-10(18(22)23)9-11(12)16-13(19)3-2-8-17-14(20)6-7-15(17)21/h4-5,9H,2-3,6-8H2,1H3,(H,16,19). The first-order chi connectivity index (χ1) is 11.4. The van der Waals surface area contributed by atoms with Gasteiger partial charge in [0.25, 0.3) is 5.69 Å². The maximum Gasteiger partial charge on any atom is 0.271 e. The summed E-state index contributed by atoms with van der Waals surface area (Å²) >= 11 is 0. The molecule has 0 atom stereocenters. The Morgan fingerprint density at radius 3 is 2.58 bits per heavy atom. The molecule has 0 unspecified atom stereocenters. The Kier molecular flexibility index (Phi) is 5.46. The molecule has 1 aromatic carbocycles. The summed E-state index contributed by atoms with van der Waals surface area (Å²) in [4.78, 5) is 46.3. The fourth-order valence-corrected chi connectivity index (χ4v) is 2.39. The topological polar surface area (TPSA) is 119 Å². The Morgan fingerprint density at radius 2 is 2.00 bits per heavy atom. The Hall–Kier alpha value is -2.97. The van der Waals surface area contributed by atoms with Gasteiger partial charge in [0.15, 0.2) is 0 Å². The van der Waals surface area contributed by atoms with Crippen molar-refractivity contribution in [3.8, 4) is 5.75 Å². The number of ether oxygens (including phenoxy) is 1. The summed E-state index contributed by atoms with van der Waals surface area (Å²) in [5.41, 5.74) is 0.0318. The van der Waals surface area contributed by atoms with Crippen LogP contribution in [0, 0.1) is 10.1 Å². The number of hydrogen-bond acceptors (Lipinski definition) is 6. The van der Waals surface area contributed by atoms with Gasteiger partial charge in [-0.15, -0.1) is 0 Å². The largest absolute Gasteiger partial charge is 0.495 e. The summed E-state index contributed by atoms with van der Waals surface area (Å²) in [7, 11) is 1.39. The van der Waals surface area contributed by atoms with Crippen LogP contribution in [0.5, 0.6) is 5.75 Å². The number of anilines is 1. The van der Waals surface area contributed by atoms with E-state index in [9.17, 15) is 24.5 Å². The molecule has 2 rings (SSSR count). The van der Waals surface area contributed by atoms with Crippen molar-refractivity contribution in [2.24, 2.45) is 0 Å². The normalized spacial score (nSPS) is 14.0. The number of hydrogen-bond donors (Lipinski definition) is 1. The average Bonchev–Trinajstić information content (AvgIpc) is 2.86. The molecule has 0 bridgehead atoms. The van der Waals surface area contributed by atoms with E-state index in [2.05, 4.69) is 5.32 Å². The number of nitro groups is 1. The van der Waals surface area contributed by atoms with Crippen LogP contribution in [0.2, 0.25) is 0 Å². The molecule has 1 aliphatic heterocycles. The molecular formula is C15H17N3O6. The van der Waals surface area contributed by atoms with Gasteiger partial charge in [-0.3, -0.25) is 29.4 Å². The van der Waals surface area contributed by atoms with Crippen LogP contribution < -0.4 is 10.1 Å². The van der Waals surface area contributed by atoms with Gasteiger partial charge in [0.2, 0.25) is 17.7 Å². The van der Waals surface area contributed by atoms with E-state index in [0.717, 1.165) is 4.90 Å². The molecule has 1 aromatic rings. The summed E-state index contributed by atoms with van der Waals surface area (Å²) in [6, 6.07) is 3.89. The van der Waals surface area contributed by atoms with Crippen LogP contribution in [-0.4, -0.2) is 41.2 Å². The van der Waals surface area contributed by atoms with E-state index in [-0.39, 0.29) is 54.9 Å². The number of nitrogens with one attached hydrogen (secondary N) is 1. The molecule has 3 amide bonds. The molecule has 1 fully saturated rings. The lowest BCUT2D eigenvalue weighted by atomic mass is 10.2. The van der Waals surface area contributed by atoms with Gasteiger partial charge >= 0.3 is 0 Å². The van der Waals surface area contributed by atoms with Crippen LogP contribution in [0.4, 0.5) is 11.4 Å². The second kappa shape index (κ2) is 7.53. The molecule has 128 valence electrons. The molecule has 1 saturated heterocycles. The van der Waals surface area contributed by atoms with Crippen molar-refractivity contribution in [3.05, 3.63) is 28.3 Å². The maximum atomic E-state index is 12.0. The van der Waals surface area contributed by atoms with Crippen molar-refractivity contribution >= 4 is 29.1 Å². The van der Waals surface area contributed by atoms with Crippen LogP contribution in [0.25, 0.3) is 0 Å². The zero-order valence-electron chi connectivity index (χ0n) is 13.1. The number of amides is 3. The van der Waals surface area contributed by atoms with Gasteiger partial charge in [-0.1, -0.05) is 0 Å². The summed E-state index contributed by atoms with van der Waals surface area (Å²) in [6.45, 7) is 0.192. The molecule has 9 nitrogen and oxygen atoms in total. The van der Waals surface area contributed by atoms with E-state index < -0.39 is 4.92 Å². The highest BCUT2D eigenvalue weighted by Crippen LogP contribution is 2.29. The predicted molar refractivity (Wildman–Crippen MR) is 83.5 cm³/mol. The number of non-ortho nitro benzene ring substituents is 1. The third-order valence-corrected chi connectivity index (χ3v) is 3.61. The van der Waals surface area contributed by atoms with Crippen LogP contribution in [-0.2, 0) is 14.4 Å². The molecule has 0 aliphatic carbocycles. The van der Waals surface area contributed by atoms with Gasteiger partial charge in [0.1, 0.15) is 5.75 Å². The molecule has 0 aromatic heterocycles. The van der Waals surface area contributed by atoms with Crippen LogP contribution in [0.1, 0.15) is 25.7 Å². The molecule has 0 saturated carbocycles. The van der Waals surface area contributed by atoms with Gasteiger partial charge in [-0.25, -0.2) is 0 Å². The Labute approximate surface area is 137 Å². The highest BCUT2D eigenvalue weighted by molar-refractivity contribution is 6.02. The zero-order valence-corrected chi connectivity index (χ0v) is 13.1. The summed E-state index contributed by atoms with van der Waals surface area (Å²) < 4.78 is 5.06. The minimum atomic E-state index is -0.570. The van der Waals surface area contributed by atoms with Crippen molar-refractivity contribution < 1.29 is 24.0 Å². The number of likely N-dealkylation sites (tertiary alicyclic amines) is 1. The van der Waals surface area contributed by atoms with E-state index in [1.807, 2.05) is 0 Å². The van der Waals surface area contributed by atoms with Crippen LogP contribution in [0.15, 0.2) is 18.2 Å². The third-order valence-electron chi connectivity index (χ3n) is 3.61.